The number of methoxy groups -OCH3 is 2. The van der Waals surface area contributed by atoms with Crippen molar-refractivity contribution >= 4 is 29.5 Å². The number of esters is 3. The van der Waals surface area contributed by atoms with Gasteiger partial charge in [-0.2, -0.15) is 0 Å². The monoisotopic (exact) mass is 477 g/mol. The molecule has 0 aliphatic heterocycles. The van der Waals surface area contributed by atoms with Crippen LogP contribution in [-0.2, 0) is 25.6 Å². The summed E-state index contributed by atoms with van der Waals surface area (Å²) in [6, 6.07) is 19.9. The minimum atomic E-state index is -0.748. The van der Waals surface area contributed by atoms with Crippen LogP contribution in [-0.4, -0.2) is 44.6 Å². The van der Waals surface area contributed by atoms with Crippen LogP contribution in [0.1, 0.15) is 36.6 Å². The van der Waals surface area contributed by atoms with Gasteiger partial charge in [0.15, 0.2) is 6.61 Å². The van der Waals surface area contributed by atoms with Crippen LogP contribution < -0.4 is 10.1 Å². The molecule has 3 rings (SSSR count). The first-order valence-electron chi connectivity index (χ1n) is 10.5. The lowest BCUT2D eigenvalue weighted by atomic mass is 10.1. The molecule has 9 nitrogen and oxygen atoms in total. The van der Waals surface area contributed by atoms with Crippen molar-refractivity contribution in [1.82, 2.24) is 0 Å². The summed E-state index contributed by atoms with van der Waals surface area (Å²) in [7, 11) is 2.37. The fourth-order valence-corrected chi connectivity index (χ4v) is 3.07. The van der Waals surface area contributed by atoms with Crippen molar-refractivity contribution < 1.29 is 38.1 Å². The normalized spacial score (nSPS) is 10.1. The molecule has 0 fully saturated rings. The zero-order valence-electron chi connectivity index (χ0n) is 19.1. The fourth-order valence-electron chi connectivity index (χ4n) is 3.07. The molecule has 0 heterocycles. The molecule has 3 aromatic rings. The topological polar surface area (TPSA) is 117 Å². The second-order valence-corrected chi connectivity index (χ2v) is 7.18. The Labute approximate surface area is 201 Å². The molecule has 0 saturated carbocycles. The van der Waals surface area contributed by atoms with Gasteiger partial charge in [0.1, 0.15) is 17.9 Å². The molecule has 0 aliphatic carbocycles. The van der Waals surface area contributed by atoms with Crippen molar-refractivity contribution in [3.63, 3.8) is 0 Å². The van der Waals surface area contributed by atoms with Crippen LogP contribution >= 0.6 is 0 Å². The summed E-state index contributed by atoms with van der Waals surface area (Å²) in [5.74, 6) is -2.52. The molecule has 9 heteroatoms. The molecule has 0 saturated heterocycles. The van der Waals surface area contributed by atoms with E-state index in [0.29, 0.717) is 5.75 Å². The van der Waals surface area contributed by atoms with E-state index in [1.807, 2.05) is 30.3 Å². The number of hydrogen-bond acceptors (Lipinski definition) is 8. The predicted octanol–water partition coefficient (Wildman–Crippen LogP) is 3.63. The maximum Gasteiger partial charge on any atom is 0.342 e. The third-order valence-electron chi connectivity index (χ3n) is 4.74. The molecule has 0 radical (unpaired) electrons. The second-order valence-electron chi connectivity index (χ2n) is 7.18. The van der Waals surface area contributed by atoms with Gasteiger partial charge in [0.05, 0.1) is 25.3 Å². The largest absolute Gasteiger partial charge is 0.488 e. The maximum atomic E-state index is 12.6. The Hall–Kier alpha value is -4.66. The van der Waals surface area contributed by atoms with E-state index < -0.39 is 30.4 Å². The third-order valence-corrected chi connectivity index (χ3v) is 4.74. The Kier molecular flexibility index (Phi) is 8.55. The van der Waals surface area contributed by atoms with Gasteiger partial charge in [0, 0.05) is 5.69 Å². The van der Waals surface area contributed by atoms with Crippen LogP contribution in [0.5, 0.6) is 5.75 Å². The minimum absolute atomic E-state index is 0.0344. The number of carbonyl (C=O) groups excluding carboxylic acids is 4. The molecule has 35 heavy (non-hydrogen) atoms. The predicted molar refractivity (Wildman–Crippen MR) is 125 cm³/mol. The van der Waals surface area contributed by atoms with E-state index >= 15 is 0 Å². The van der Waals surface area contributed by atoms with Gasteiger partial charge in [-0.25, -0.2) is 14.4 Å². The number of ether oxygens (including phenoxy) is 4. The lowest BCUT2D eigenvalue weighted by Gasteiger charge is -2.12. The number of rotatable bonds is 9. The lowest BCUT2D eigenvalue weighted by molar-refractivity contribution is -0.119. The number of para-hydroxylation sites is 1. The van der Waals surface area contributed by atoms with E-state index in [0.717, 1.165) is 5.56 Å². The van der Waals surface area contributed by atoms with Gasteiger partial charge >= 0.3 is 17.9 Å². The molecule has 0 aromatic heterocycles. The van der Waals surface area contributed by atoms with Crippen LogP contribution in [0, 0.1) is 0 Å². The summed E-state index contributed by atoms with van der Waals surface area (Å²) in [5.41, 5.74) is 1.28. The van der Waals surface area contributed by atoms with Gasteiger partial charge in [-0.3, -0.25) is 4.79 Å². The van der Waals surface area contributed by atoms with Gasteiger partial charge < -0.3 is 24.3 Å². The Bertz CT molecular complexity index is 1190. The van der Waals surface area contributed by atoms with Crippen LogP contribution in [0.15, 0.2) is 72.8 Å². The third kappa shape index (κ3) is 6.91. The highest BCUT2D eigenvalue weighted by Gasteiger charge is 2.18. The smallest absolute Gasteiger partial charge is 0.342 e. The van der Waals surface area contributed by atoms with Crippen LogP contribution in [0.25, 0.3) is 0 Å². The minimum Gasteiger partial charge on any atom is -0.488 e. The van der Waals surface area contributed by atoms with Crippen molar-refractivity contribution in [1.29, 1.82) is 0 Å². The number of carbonyl (C=O) groups is 4. The molecule has 0 unspecified atom stereocenters. The molecule has 0 aliphatic rings. The van der Waals surface area contributed by atoms with Gasteiger partial charge in [0.25, 0.3) is 5.91 Å². The van der Waals surface area contributed by atoms with Crippen LogP contribution in [0.4, 0.5) is 5.69 Å². The Balaban J connectivity index is 1.65. The maximum absolute atomic E-state index is 12.6. The van der Waals surface area contributed by atoms with Crippen LogP contribution in [0.3, 0.4) is 0 Å². The quantitative estimate of drug-likeness (QED) is 0.367. The molecule has 1 amide bonds. The fraction of sp³-hybridized carbons (Fsp3) is 0.154. The summed E-state index contributed by atoms with van der Waals surface area (Å²) in [5, 5.41) is 2.49. The van der Waals surface area contributed by atoms with Crippen molar-refractivity contribution in [3.8, 4) is 5.75 Å². The Morgan fingerprint density at radius 1 is 0.743 bits per heavy atom. The Morgan fingerprint density at radius 3 is 1.97 bits per heavy atom. The van der Waals surface area contributed by atoms with E-state index in [4.69, 9.17) is 9.47 Å². The van der Waals surface area contributed by atoms with Crippen molar-refractivity contribution in [2.75, 3.05) is 26.1 Å². The van der Waals surface area contributed by atoms with Gasteiger partial charge in [-0.15, -0.1) is 0 Å². The van der Waals surface area contributed by atoms with Gasteiger partial charge in [-0.1, -0.05) is 42.5 Å². The summed E-state index contributed by atoms with van der Waals surface area (Å²) in [6.07, 6.45) is 0. The first-order valence-corrected chi connectivity index (χ1v) is 10.5. The average Bonchev–Trinajstić information content (AvgIpc) is 2.90. The highest BCUT2D eigenvalue weighted by atomic mass is 16.5. The Morgan fingerprint density at radius 2 is 1.34 bits per heavy atom. The highest BCUT2D eigenvalue weighted by molar-refractivity contribution is 6.00. The zero-order valence-corrected chi connectivity index (χ0v) is 19.1. The average molecular weight is 477 g/mol. The number of anilines is 1. The molecule has 3 aromatic carbocycles. The summed E-state index contributed by atoms with van der Waals surface area (Å²) in [4.78, 5) is 48.8. The number of amides is 1. The van der Waals surface area contributed by atoms with Gasteiger partial charge in [-0.05, 0) is 35.9 Å². The number of hydrogen-bond donors (Lipinski definition) is 1. The SMILES string of the molecule is COC(=O)c1cc(NC(=O)COC(=O)c2ccccc2OCc2ccccc2)cc(C(=O)OC)c1. The van der Waals surface area contributed by atoms with Crippen molar-refractivity contribution in [2.45, 2.75) is 6.61 Å². The van der Waals surface area contributed by atoms with E-state index in [2.05, 4.69) is 14.8 Å². The van der Waals surface area contributed by atoms with E-state index in [1.54, 1.807) is 18.2 Å². The standard InChI is InChI=1S/C26H23NO8/c1-32-24(29)18-12-19(25(30)33-2)14-20(13-18)27-23(28)16-35-26(31)21-10-6-7-11-22(21)34-15-17-8-4-3-5-9-17/h3-14H,15-16H2,1-2H3,(H,27,28). The zero-order chi connectivity index (χ0) is 25.2. The number of nitrogens with one attached hydrogen (secondary N) is 1. The summed E-state index contributed by atoms with van der Waals surface area (Å²) < 4.78 is 20.2. The van der Waals surface area contributed by atoms with Crippen molar-refractivity contribution in [2.24, 2.45) is 0 Å². The van der Waals surface area contributed by atoms with E-state index in [1.165, 1.54) is 38.5 Å². The molecule has 0 spiro atoms. The second kappa shape index (κ2) is 12.0. The number of benzene rings is 3. The summed E-state index contributed by atoms with van der Waals surface area (Å²) >= 11 is 0. The molecule has 180 valence electrons. The molecular weight excluding hydrogens is 454 g/mol. The first-order chi connectivity index (χ1) is 16.9. The highest BCUT2D eigenvalue weighted by Crippen LogP contribution is 2.21. The van der Waals surface area contributed by atoms with Crippen LogP contribution in [0.2, 0.25) is 0 Å². The summed E-state index contributed by atoms with van der Waals surface area (Å²) in [6.45, 7) is -0.355. The van der Waals surface area contributed by atoms with Gasteiger partial charge in [0.2, 0.25) is 0 Å². The lowest BCUT2D eigenvalue weighted by Crippen LogP contribution is -2.21. The molecule has 0 atom stereocenters. The van der Waals surface area contributed by atoms with E-state index in [-0.39, 0.29) is 29.0 Å². The first kappa shape index (κ1) is 25.0. The van der Waals surface area contributed by atoms with Crippen molar-refractivity contribution in [3.05, 3.63) is 95.1 Å². The molecule has 0 bridgehead atoms. The molecular formula is C26H23NO8. The van der Waals surface area contributed by atoms with E-state index in [9.17, 15) is 19.2 Å². The molecule has 1 N–H and O–H groups in total.